The third-order valence-corrected chi connectivity index (χ3v) is 5.20. The fourth-order valence-corrected chi connectivity index (χ4v) is 3.94. The number of hydrogen-bond acceptors (Lipinski definition) is 3. The zero-order chi connectivity index (χ0) is 17.4. The van der Waals surface area contributed by atoms with Crippen LogP contribution in [0.15, 0.2) is 60.7 Å². The Morgan fingerprint density at radius 3 is 2.00 bits per heavy atom. The van der Waals surface area contributed by atoms with E-state index < -0.39 is 5.54 Å². The van der Waals surface area contributed by atoms with Crippen molar-refractivity contribution in [3.05, 3.63) is 71.8 Å². The number of carbonyl (C=O) groups is 2. The summed E-state index contributed by atoms with van der Waals surface area (Å²) in [5, 5.41) is 3.01. The lowest BCUT2D eigenvalue weighted by Crippen LogP contribution is -2.46. The van der Waals surface area contributed by atoms with Gasteiger partial charge in [0.1, 0.15) is 0 Å². The van der Waals surface area contributed by atoms with Crippen LogP contribution in [0.1, 0.15) is 17.5 Å². The van der Waals surface area contributed by atoms with E-state index in [-0.39, 0.29) is 18.0 Å². The topological polar surface area (TPSA) is 52.6 Å². The molecule has 2 aliphatic heterocycles. The van der Waals surface area contributed by atoms with Crippen molar-refractivity contribution in [3.63, 3.8) is 0 Å². The SMILES string of the molecule is CN1CC[C@H](N2C(=O)NC(c3ccccc3)(c3ccccc3)C2=O)C1. The van der Waals surface area contributed by atoms with Crippen molar-refractivity contribution in [2.24, 2.45) is 0 Å². The zero-order valence-electron chi connectivity index (χ0n) is 14.2. The Balaban J connectivity index is 1.83. The molecular formula is C20H21N3O2. The van der Waals surface area contributed by atoms with Gasteiger partial charge in [0.2, 0.25) is 0 Å². The minimum atomic E-state index is -1.15. The molecule has 3 amide bonds. The number of imide groups is 1. The lowest BCUT2D eigenvalue weighted by molar-refractivity contribution is -0.131. The summed E-state index contributed by atoms with van der Waals surface area (Å²) in [7, 11) is 2.01. The van der Waals surface area contributed by atoms with Crippen LogP contribution in [0.25, 0.3) is 0 Å². The van der Waals surface area contributed by atoms with Gasteiger partial charge >= 0.3 is 6.03 Å². The largest absolute Gasteiger partial charge is 0.325 e. The lowest BCUT2D eigenvalue weighted by atomic mass is 9.82. The Morgan fingerprint density at radius 2 is 1.52 bits per heavy atom. The van der Waals surface area contributed by atoms with Crippen LogP contribution < -0.4 is 5.32 Å². The molecule has 0 aliphatic carbocycles. The third-order valence-electron chi connectivity index (χ3n) is 5.20. The Hall–Kier alpha value is -2.66. The Morgan fingerprint density at radius 1 is 0.960 bits per heavy atom. The van der Waals surface area contributed by atoms with Gasteiger partial charge in [0, 0.05) is 6.54 Å². The van der Waals surface area contributed by atoms with Crippen molar-refractivity contribution in [3.8, 4) is 0 Å². The molecule has 2 saturated heterocycles. The van der Waals surface area contributed by atoms with Gasteiger partial charge in [-0.15, -0.1) is 0 Å². The minimum absolute atomic E-state index is 0.0770. The first kappa shape index (κ1) is 15.8. The van der Waals surface area contributed by atoms with Gasteiger partial charge in [-0.1, -0.05) is 60.7 Å². The van der Waals surface area contributed by atoms with Gasteiger partial charge in [0.25, 0.3) is 5.91 Å². The van der Waals surface area contributed by atoms with E-state index in [0.717, 1.165) is 30.6 Å². The number of urea groups is 1. The number of benzene rings is 2. The average molecular weight is 335 g/mol. The van der Waals surface area contributed by atoms with Crippen LogP contribution >= 0.6 is 0 Å². The number of carbonyl (C=O) groups excluding carboxylic acids is 2. The minimum Gasteiger partial charge on any atom is -0.315 e. The quantitative estimate of drug-likeness (QED) is 0.875. The van der Waals surface area contributed by atoms with Crippen LogP contribution in [0.2, 0.25) is 0 Å². The molecule has 25 heavy (non-hydrogen) atoms. The highest BCUT2D eigenvalue weighted by Gasteiger charge is 2.55. The molecule has 1 atom stereocenters. The molecule has 2 aromatic rings. The maximum Gasteiger partial charge on any atom is 0.325 e. The van der Waals surface area contributed by atoms with Crippen LogP contribution in [-0.2, 0) is 10.3 Å². The van der Waals surface area contributed by atoms with Gasteiger partial charge in [0.05, 0.1) is 6.04 Å². The van der Waals surface area contributed by atoms with E-state index >= 15 is 0 Å². The number of amides is 3. The smallest absolute Gasteiger partial charge is 0.315 e. The monoisotopic (exact) mass is 335 g/mol. The molecule has 1 N–H and O–H groups in total. The van der Waals surface area contributed by atoms with Gasteiger partial charge in [-0.2, -0.15) is 0 Å². The van der Waals surface area contributed by atoms with E-state index in [2.05, 4.69) is 10.2 Å². The van der Waals surface area contributed by atoms with Gasteiger partial charge in [-0.05, 0) is 31.1 Å². The van der Waals surface area contributed by atoms with Gasteiger partial charge in [0.15, 0.2) is 5.54 Å². The summed E-state index contributed by atoms with van der Waals surface area (Å²) in [6, 6.07) is 18.6. The highest BCUT2D eigenvalue weighted by Crippen LogP contribution is 2.37. The summed E-state index contributed by atoms with van der Waals surface area (Å²) in [4.78, 5) is 30.0. The van der Waals surface area contributed by atoms with E-state index in [1.165, 1.54) is 4.90 Å². The molecule has 2 aromatic carbocycles. The Labute approximate surface area is 147 Å². The number of likely N-dealkylation sites (N-methyl/N-ethyl adjacent to an activating group) is 1. The van der Waals surface area contributed by atoms with E-state index in [0.29, 0.717) is 0 Å². The van der Waals surface area contributed by atoms with Crippen molar-refractivity contribution in [2.45, 2.75) is 18.0 Å². The van der Waals surface area contributed by atoms with E-state index in [9.17, 15) is 9.59 Å². The molecule has 0 bridgehead atoms. The summed E-state index contributed by atoms with van der Waals surface area (Å²) in [6.07, 6.45) is 0.815. The molecule has 5 nitrogen and oxygen atoms in total. The molecule has 0 saturated carbocycles. The van der Waals surface area contributed by atoms with Crippen LogP contribution in [0.4, 0.5) is 4.79 Å². The molecule has 5 heteroatoms. The summed E-state index contributed by atoms with van der Waals surface area (Å²) >= 11 is 0. The first-order chi connectivity index (χ1) is 12.1. The molecule has 0 unspecified atom stereocenters. The molecule has 2 heterocycles. The highest BCUT2D eigenvalue weighted by molar-refractivity contribution is 6.10. The molecular weight excluding hydrogens is 314 g/mol. The van der Waals surface area contributed by atoms with Crippen molar-refractivity contribution >= 4 is 11.9 Å². The second-order valence-corrected chi connectivity index (χ2v) is 6.79. The standard InChI is InChI=1S/C20H21N3O2/c1-22-13-12-17(14-22)23-18(24)20(21-19(23)25,15-8-4-2-5-9-15)16-10-6-3-7-11-16/h2-11,17H,12-14H2,1H3,(H,21,25)/t17-/m0/s1. The first-order valence-corrected chi connectivity index (χ1v) is 8.58. The Bertz CT molecular complexity index is 752. The maximum atomic E-state index is 13.6. The predicted octanol–water partition coefficient (Wildman–Crippen LogP) is 2.19. The number of nitrogens with one attached hydrogen (secondary N) is 1. The molecule has 2 aliphatic rings. The zero-order valence-corrected chi connectivity index (χ0v) is 14.2. The maximum absolute atomic E-state index is 13.6. The van der Waals surface area contributed by atoms with Gasteiger partial charge in [-0.3, -0.25) is 9.69 Å². The molecule has 0 radical (unpaired) electrons. The van der Waals surface area contributed by atoms with E-state index in [1.807, 2.05) is 67.7 Å². The van der Waals surface area contributed by atoms with E-state index in [4.69, 9.17) is 0 Å². The summed E-state index contributed by atoms with van der Waals surface area (Å²) in [6.45, 7) is 1.62. The molecule has 4 rings (SSSR count). The van der Waals surface area contributed by atoms with Crippen LogP contribution in [0.3, 0.4) is 0 Å². The van der Waals surface area contributed by atoms with Crippen LogP contribution in [0, 0.1) is 0 Å². The second-order valence-electron chi connectivity index (χ2n) is 6.79. The fourth-order valence-electron chi connectivity index (χ4n) is 3.94. The van der Waals surface area contributed by atoms with E-state index in [1.54, 1.807) is 0 Å². The molecule has 0 aromatic heterocycles. The van der Waals surface area contributed by atoms with Crippen molar-refractivity contribution < 1.29 is 9.59 Å². The number of likely N-dealkylation sites (tertiary alicyclic amines) is 1. The number of nitrogens with zero attached hydrogens (tertiary/aromatic N) is 2. The lowest BCUT2D eigenvalue weighted by Gasteiger charge is -2.29. The number of rotatable bonds is 3. The third kappa shape index (κ3) is 2.43. The predicted molar refractivity (Wildman–Crippen MR) is 94.9 cm³/mol. The van der Waals surface area contributed by atoms with Gasteiger partial charge < -0.3 is 10.2 Å². The number of hydrogen-bond donors (Lipinski definition) is 1. The molecule has 2 fully saturated rings. The summed E-state index contributed by atoms with van der Waals surface area (Å²) in [5.41, 5.74) is 0.419. The summed E-state index contributed by atoms with van der Waals surface area (Å²) in [5.74, 6) is -0.185. The van der Waals surface area contributed by atoms with Crippen molar-refractivity contribution in [1.82, 2.24) is 15.1 Å². The molecule has 128 valence electrons. The second kappa shape index (κ2) is 6.01. The first-order valence-electron chi connectivity index (χ1n) is 8.58. The van der Waals surface area contributed by atoms with Crippen molar-refractivity contribution in [1.29, 1.82) is 0 Å². The average Bonchev–Trinajstić information content (AvgIpc) is 3.17. The normalized spacial score (nSPS) is 23.1. The fraction of sp³-hybridized carbons (Fsp3) is 0.300. The van der Waals surface area contributed by atoms with Gasteiger partial charge in [-0.25, -0.2) is 4.79 Å². The molecule has 0 spiro atoms. The highest BCUT2D eigenvalue weighted by atomic mass is 16.2. The van der Waals surface area contributed by atoms with Crippen LogP contribution in [-0.4, -0.2) is 47.9 Å². The van der Waals surface area contributed by atoms with Crippen molar-refractivity contribution in [2.75, 3.05) is 20.1 Å². The summed E-state index contributed by atoms with van der Waals surface area (Å²) < 4.78 is 0. The Kier molecular flexibility index (Phi) is 3.81. The van der Waals surface area contributed by atoms with Crippen LogP contribution in [0.5, 0.6) is 0 Å².